The van der Waals surface area contributed by atoms with Crippen LogP contribution in [-0.4, -0.2) is 62.8 Å². The van der Waals surface area contributed by atoms with Gasteiger partial charge in [-0.3, -0.25) is 9.59 Å². The summed E-state index contributed by atoms with van der Waals surface area (Å²) in [5.41, 5.74) is 1.67. The highest BCUT2D eigenvalue weighted by atomic mass is 32.2. The molecule has 2 heterocycles. The van der Waals surface area contributed by atoms with Crippen LogP contribution in [0, 0.1) is 5.92 Å². The first-order chi connectivity index (χ1) is 18.3. The average molecular weight is 543 g/mol. The SMILES string of the molecule is CCCC(NC(=O)C(COC1CCOCC1)CS(=O)(=O)Cc1ccccc1)C(=O)c1nc2ccccc2o1. The molecule has 10 heteroatoms. The zero-order valence-corrected chi connectivity index (χ0v) is 22.3. The van der Waals surface area contributed by atoms with Gasteiger partial charge in [0.05, 0.1) is 36.2 Å². The molecule has 1 saturated heterocycles. The predicted molar refractivity (Wildman–Crippen MR) is 142 cm³/mol. The molecule has 1 aliphatic rings. The lowest BCUT2D eigenvalue weighted by atomic mass is 10.0. The second kappa shape index (κ2) is 13.1. The second-order valence-corrected chi connectivity index (χ2v) is 11.7. The van der Waals surface area contributed by atoms with E-state index in [9.17, 15) is 18.0 Å². The van der Waals surface area contributed by atoms with Crippen molar-refractivity contribution in [1.29, 1.82) is 0 Å². The van der Waals surface area contributed by atoms with Crippen molar-refractivity contribution in [1.82, 2.24) is 10.3 Å². The summed E-state index contributed by atoms with van der Waals surface area (Å²) < 4.78 is 43.1. The summed E-state index contributed by atoms with van der Waals surface area (Å²) in [6, 6.07) is 15.0. The topological polar surface area (TPSA) is 125 Å². The number of nitrogens with zero attached hydrogens (tertiary/aromatic N) is 1. The van der Waals surface area contributed by atoms with Crippen molar-refractivity contribution in [2.75, 3.05) is 25.6 Å². The van der Waals surface area contributed by atoms with Crippen molar-refractivity contribution in [2.45, 2.75) is 50.5 Å². The van der Waals surface area contributed by atoms with E-state index in [4.69, 9.17) is 13.9 Å². The molecule has 1 N–H and O–H groups in total. The number of para-hydroxylation sites is 2. The Morgan fingerprint density at radius 3 is 2.50 bits per heavy atom. The molecule has 3 aromatic rings. The molecule has 2 unspecified atom stereocenters. The summed E-state index contributed by atoms with van der Waals surface area (Å²) >= 11 is 0. The summed E-state index contributed by atoms with van der Waals surface area (Å²) in [6.07, 6.45) is 2.23. The number of ether oxygens (including phenoxy) is 2. The quantitative estimate of drug-likeness (QED) is 0.324. The molecule has 0 saturated carbocycles. The number of fused-ring (bicyclic) bond motifs is 1. The number of Topliss-reactive ketones (excluding diaryl/α,β-unsaturated/α-hetero) is 1. The van der Waals surface area contributed by atoms with Crippen molar-refractivity contribution >= 4 is 32.6 Å². The molecule has 0 aliphatic carbocycles. The van der Waals surface area contributed by atoms with E-state index < -0.39 is 39.2 Å². The first-order valence-electron chi connectivity index (χ1n) is 13.0. The Balaban J connectivity index is 1.49. The summed E-state index contributed by atoms with van der Waals surface area (Å²) in [5.74, 6) is -2.65. The molecule has 1 aromatic heterocycles. The third kappa shape index (κ3) is 7.72. The van der Waals surface area contributed by atoms with Gasteiger partial charge in [0.25, 0.3) is 5.89 Å². The van der Waals surface area contributed by atoms with Crippen LogP contribution in [0.5, 0.6) is 0 Å². The predicted octanol–water partition coefficient (Wildman–Crippen LogP) is 3.72. The van der Waals surface area contributed by atoms with E-state index in [0.717, 1.165) is 0 Å². The van der Waals surface area contributed by atoms with Crippen molar-refractivity contribution < 1.29 is 31.9 Å². The third-order valence-corrected chi connectivity index (χ3v) is 8.16. The molecule has 0 radical (unpaired) electrons. The molecule has 0 spiro atoms. The minimum atomic E-state index is -3.65. The number of carbonyl (C=O) groups is 2. The number of sulfone groups is 1. The molecule has 1 amide bonds. The minimum Gasteiger partial charge on any atom is -0.434 e. The lowest BCUT2D eigenvalue weighted by molar-refractivity contribution is -0.128. The van der Waals surface area contributed by atoms with Crippen LogP contribution in [0.25, 0.3) is 11.1 Å². The fourth-order valence-corrected chi connectivity index (χ4v) is 6.14. The Hall–Kier alpha value is -3.08. The maximum atomic E-state index is 13.5. The van der Waals surface area contributed by atoms with Crippen LogP contribution >= 0.6 is 0 Å². The standard InChI is InChI=1S/C28H34N2O7S/c1-2-8-24(26(31)28-30-23-11-6-7-12-25(23)37-28)29-27(32)21(17-36-22-13-15-35-16-14-22)19-38(33,34)18-20-9-4-3-5-10-20/h3-7,9-12,21-22,24H,2,8,13-19H2,1H3,(H,29,32). The number of rotatable bonds is 13. The molecule has 0 bridgehead atoms. The van der Waals surface area contributed by atoms with Crippen LogP contribution in [-0.2, 0) is 29.9 Å². The van der Waals surface area contributed by atoms with E-state index in [1.165, 1.54) is 0 Å². The summed E-state index contributed by atoms with van der Waals surface area (Å²) in [6.45, 7) is 2.95. The number of hydrogen-bond donors (Lipinski definition) is 1. The van der Waals surface area contributed by atoms with Gasteiger partial charge < -0.3 is 19.2 Å². The zero-order valence-electron chi connectivity index (χ0n) is 21.5. The highest BCUT2D eigenvalue weighted by molar-refractivity contribution is 7.90. The average Bonchev–Trinajstić information content (AvgIpc) is 3.35. The number of amides is 1. The second-order valence-electron chi connectivity index (χ2n) is 9.58. The van der Waals surface area contributed by atoms with Gasteiger partial charge in [-0.05, 0) is 37.0 Å². The third-order valence-electron chi connectivity index (χ3n) is 6.47. The molecule has 204 valence electrons. The van der Waals surface area contributed by atoms with Crippen molar-refractivity contribution in [3.8, 4) is 0 Å². The Morgan fingerprint density at radius 2 is 1.79 bits per heavy atom. The monoisotopic (exact) mass is 542 g/mol. The Bertz CT molecular complexity index is 1280. The van der Waals surface area contributed by atoms with Crippen LogP contribution in [0.4, 0.5) is 0 Å². The number of hydrogen-bond acceptors (Lipinski definition) is 8. The number of nitrogens with one attached hydrogen (secondary N) is 1. The molecule has 1 aliphatic heterocycles. The summed E-state index contributed by atoms with van der Waals surface area (Å²) in [5, 5.41) is 2.78. The molecule has 38 heavy (non-hydrogen) atoms. The van der Waals surface area contributed by atoms with Gasteiger partial charge in [0.1, 0.15) is 5.52 Å². The van der Waals surface area contributed by atoms with E-state index in [1.54, 1.807) is 48.5 Å². The normalized spacial score (nSPS) is 16.2. The number of oxazole rings is 1. The van der Waals surface area contributed by atoms with Crippen molar-refractivity contribution in [3.63, 3.8) is 0 Å². The van der Waals surface area contributed by atoms with E-state index in [0.29, 0.717) is 55.6 Å². The van der Waals surface area contributed by atoms with Gasteiger partial charge in [-0.15, -0.1) is 0 Å². The molecule has 9 nitrogen and oxygen atoms in total. The van der Waals surface area contributed by atoms with E-state index in [2.05, 4.69) is 10.3 Å². The van der Waals surface area contributed by atoms with Gasteiger partial charge in [-0.2, -0.15) is 0 Å². The van der Waals surface area contributed by atoms with E-state index in [1.807, 2.05) is 13.0 Å². The fourth-order valence-electron chi connectivity index (χ4n) is 4.46. The Labute approximate surface area is 222 Å². The lowest BCUT2D eigenvalue weighted by Gasteiger charge is -2.26. The molecular formula is C28H34N2O7S. The highest BCUT2D eigenvalue weighted by Gasteiger charge is 2.32. The number of carbonyl (C=O) groups excluding carboxylic acids is 2. The fraction of sp³-hybridized carbons (Fsp3) is 0.464. The maximum Gasteiger partial charge on any atom is 0.266 e. The number of benzene rings is 2. The van der Waals surface area contributed by atoms with Crippen molar-refractivity contribution in [2.24, 2.45) is 5.92 Å². The zero-order chi connectivity index (χ0) is 27.0. The van der Waals surface area contributed by atoms with Gasteiger partial charge in [-0.25, -0.2) is 13.4 Å². The van der Waals surface area contributed by atoms with Crippen LogP contribution < -0.4 is 5.32 Å². The van der Waals surface area contributed by atoms with E-state index in [-0.39, 0.29) is 24.4 Å². The van der Waals surface area contributed by atoms with Crippen LogP contribution in [0.15, 0.2) is 59.0 Å². The largest absolute Gasteiger partial charge is 0.434 e. The lowest BCUT2D eigenvalue weighted by Crippen LogP contribution is -2.46. The Kier molecular flexibility index (Phi) is 9.65. The molecule has 2 aromatic carbocycles. The van der Waals surface area contributed by atoms with Gasteiger partial charge in [-0.1, -0.05) is 55.8 Å². The molecule has 2 atom stereocenters. The molecular weight excluding hydrogens is 508 g/mol. The first-order valence-corrected chi connectivity index (χ1v) is 14.8. The Morgan fingerprint density at radius 1 is 1.08 bits per heavy atom. The smallest absolute Gasteiger partial charge is 0.266 e. The van der Waals surface area contributed by atoms with Gasteiger partial charge in [0.2, 0.25) is 11.7 Å². The van der Waals surface area contributed by atoms with Crippen LogP contribution in [0.2, 0.25) is 0 Å². The van der Waals surface area contributed by atoms with Gasteiger partial charge >= 0.3 is 0 Å². The van der Waals surface area contributed by atoms with Gasteiger partial charge in [0, 0.05) is 13.2 Å². The summed E-state index contributed by atoms with van der Waals surface area (Å²) in [7, 11) is -3.65. The van der Waals surface area contributed by atoms with Crippen LogP contribution in [0.1, 0.15) is 48.9 Å². The molecule has 4 rings (SSSR count). The van der Waals surface area contributed by atoms with Crippen molar-refractivity contribution in [3.05, 3.63) is 66.1 Å². The van der Waals surface area contributed by atoms with Crippen LogP contribution in [0.3, 0.4) is 0 Å². The summed E-state index contributed by atoms with van der Waals surface area (Å²) in [4.78, 5) is 31.0. The van der Waals surface area contributed by atoms with E-state index >= 15 is 0 Å². The molecule has 1 fully saturated rings. The highest BCUT2D eigenvalue weighted by Crippen LogP contribution is 2.19. The number of ketones is 1. The van der Waals surface area contributed by atoms with Gasteiger partial charge in [0.15, 0.2) is 15.4 Å². The maximum absolute atomic E-state index is 13.5. The number of aromatic nitrogens is 1. The minimum absolute atomic E-state index is 0.0690. The first kappa shape index (κ1) is 27.9.